The molecular weight excluding hydrogens is 327 g/mol. The Labute approximate surface area is 144 Å². The standard InChI is InChI=1S/C17H21FN4OS/c1-12-20-21-16(24-12)10-19-17(23)15-7-2-3-8-22(15)11-13-5-4-6-14(18)9-13/h4-6,9,15H,2-3,7-8,10-11H2,1H3,(H,19,23). The molecule has 0 bridgehead atoms. The molecule has 5 nitrogen and oxygen atoms in total. The van der Waals surface area contributed by atoms with Crippen LogP contribution in [0, 0.1) is 12.7 Å². The number of aryl methyl sites for hydroxylation is 1. The summed E-state index contributed by atoms with van der Waals surface area (Å²) in [5.74, 6) is -0.226. The molecule has 1 fully saturated rings. The number of benzene rings is 1. The van der Waals surface area contributed by atoms with Crippen molar-refractivity contribution in [2.45, 2.75) is 45.3 Å². The van der Waals surface area contributed by atoms with Gasteiger partial charge in [0.2, 0.25) is 5.91 Å². The summed E-state index contributed by atoms with van der Waals surface area (Å²) in [6.45, 7) is 3.75. The molecule has 1 aromatic heterocycles. The van der Waals surface area contributed by atoms with Crippen LogP contribution in [0.3, 0.4) is 0 Å². The van der Waals surface area contributed by atoms with E-state index in [4.69, 9.17) is 0 Å². The van der Waals surface area contributed by atoms with Crippen molar-refractivity contribution in [2.24, 2.45) is 0 Å². The fraction of sp³-hybridized carbons (Fsp3) is 0.471. The van der Waals surface area contributed by atoms with Gasteiger partial charge in [-0.2, -0.15) is 0 Å². The molecular formula is C17H21FN4OS. The van der Waals surface area contributed by atoms with E-state index in [1.54, 1.807) is 6.07 Å². The summed E-state index contributed by atoms with van der Waals surface area (Å²) in [6.07, 6.45) is 2.93. The minimum absolute atomic E-state index is 0.0129. The van der Waals surface area contributed by atoms with Gasteiger partial charge in [-0.25, -0.2) is 4.39 Å². The molecule has 2 aromatic rings. The Bertz CT molecular complexity index is 705. The molecule has 1 aliphatic rings. The van der Waals surface area contributed by atoms with Crippen LogP contribution in [-0.4, -0.2) is 33.6 Å². The van der Waals surface area contributed by atoms with Gasteiger partial charge >= 0.3 is 0 Å². The lowest BCUT2D eigenvalue weighted by Gasteiger charge is -2.34. The van der Waals surface area contributed by atoms with E-state index in [-0.39, 0.29) is 17.8 Å². The van der Waals surface area contributed by atoms with Crippen LogP contribution < -0.4 is 5.32 Å². The number of nitrogens with one attached hydrogen (secondary N) is 1. The molecule has 1 unspecified atom stereocenters. The first-order valence-electron chi connectivity index (χ1n) is 8.17. The third-order valence-electron chi connectivity index (χ3n) is 4.17. The summed E-state index contributed by atoms with van der Waals surface area (Å²) < 4.78 is 13.4. The maximum atomic E-state index is 13.4. The quantitative estimate of drug-likeness (QED) is 0.902. The van der Waals surface area contributed by atoms with Gasteiger partial charge in [-0.15, -0.1) is 10.2 Å². The van der Waals surface area contributed by atoms with E-state index in [1.165, 1.54) is 23.5 Å². The minimum Gasteiger partial charge on any atom is -0.348 e. The Balaban J connectivity index is 1.61. The first kappa shape index (κ1) is 17.0. The molecule has 1 amide bonds. The first-order valence-corrected chi connectivity index (χ1v) is 8.98. The van der Waals surface area contributed by atoms with Crippen LogP contribution in [0.5, 0.6) is 0 Å². The number of piperidine rings is 1. The second kappa shape index (κ2) is 7.81. The molecule has 1 saturated heterocycles. The number of nitrogens with zero attached hydrogens (tertiary/aromatic N) is 3. The molecule has 7 heteroatoms. The van der Waals surface area contributed by atoms with Crippen molar-refractivity contribution >= 4 is 17.2 Å². The lowest BCUT2D eigenvalue weighted by atomic mass is 10.0. The number of halogens is 1. The van der Waals surface area contributed by atoms with E-state index in [0.717, 1.165) is 41.4 Å². The van der Waals surface area contributed by atoms with Crippen LogP contribution in [0.25, 0.3) is 0 Å². The molecule has 1 N–H and O–H groups in total. The molecule has 0 spiro atoms. The third-order valence-corrected chi connectivity index (χ3v) is 5.01. The second-order valence-electron chi connectivity index (χ2n) is 6.04. The summed E-state index contributed by atoms with van der Waals surface area (Å²) in [6, 6.07) is 6.41. The van der Waals surface area contributed by atoms with Gasteiger partial charge in [0.15, 0.2) is 0 Å². The Kier molecular flexibility index (Phi) is 5.52. The minimum atomic E-state index is -0.239. The zero-order valence-corrected chi connectivity index (χ0v) is 14.5. The van der Waals surface area contributed by atoms with Crippen molar-refractivity contribution in [3.63, 3.8) is 0 Å². The Morgan fingerprint density at radius 1 is 1.42 bits per heavy atom. The highest BCUT2D eigenvalue weighted by molar-refractivity contribution is 7.11. The Hall–Kier alpha value is -1.86. The van der Waals surface area contributed by atoms with Crippen molar-refractivity contribution in [3.8, 4) is 0 Å². The molecule has 0 radical (unpaired) electrons. The number of carbonyl (C=O) groups is 1. The molecule has 1 aromatic carbocycles. The van der Waals surface area contributed by atoms with Crippen LogP contribution in [0.15, 0.2) is 24.3 Å². The van der Waals surface area contributed by atoms with Gasteiger partial charge in [0.25, 0.3) is 0 Å². The molecule has 1 atom stereocenters. The van der Waals surface area contributed by atoms with Gasteiger partial charge in [0.05, 0.1) is 12.6 Å². The molecule has 3 rings (SSSR count). The van der Waals surface area contributed by atoms with Gasteiger partial charge < -0.3 is 5.32 Å². The second-order valence-corrected chi connectivity index (χ2v) is 7.31. The summed E-state index contributed by atoms with van der Waals surface area (Å²) in [7, 11) is 0. The van der Waals surface area contributed by atoms with Crippen LogP contribution in [-0.2, 0) is 17.9 Å². The molecule has 2 heterocycles. The number of hydrogen-bond acceptors (Lipinski definition) is 5. The molecule has 0 aliphatic carbocycles. The third kappa shape index (κ3) is 4.36. The molecule has 128 valence electrons. The summed E-state index contributed by atoms with van der Waals surface area (Å²) >= 11 is 1.49. The number of rotatable bonds is 5. The van der Waals surface area contributed by atoms with Gasteiger partial charge in [-0.05, 0) is 44.0 Å². The molecule has 0 saturated carbocycles. The fourth-order valence-corrected chi connectivity index (χ4v) is 3.69. The number of amides is 1. The zero-order valence-electron chi connectivity index (χ0n) is 13.7. The fourth-order valence-electron chi connectivity index (χ4n) is 3.04. The first-order chi connectivity index (χ1) is 11.6. The number of aromatic nitrogens is 2. The summed E-state index contributed by atoms with van der Waals surface area (Å²) in [4.78, 5) is 14.7. The predicted molar refractivity (Wildman–Crippen MR) is 90.9 cm³/mol. The van der Waals surface area contributed by atoms with Crippen molar-refractivity contribution in [1.82, 2.24) is 20.4 Å². The molecule has 24 heavy (non-hydrogen) atoms. The van der Waals surface area contributed by atoms with Crippen molar-refractivity contribution in [2.75, 3.05) is 6.54 Å². The highest BCUT2D eigenvalue weighted by Gasteiger charge is 2.28. The average Bonchev–Trinajstić information content (AvgIpc) is 2.99. The monoisotopic (exact) mass is 348 g/mol. The SMILES string of the molecule is Cc1nnc(CNC(=O)C2CCCCN2Cc2cccc(F)c2)s1. The van der Waals surface area contributed by atoms with E-state index < -0.39 is 0 Å². The largest absolute Gasteiger partial charge is 0.348 e. The zero-order chi connectivity index (χ0) is 16.9. The number of hydrogen-bond donors (Lipinski definition) is 1. The maximum Gasteiger partial charge on any atom is 0.237 e. The predicted octanol–water partition coefficient (Wildman–Crippen LogP) is 2.66. The van der Waals surface area contributed by atoms with Gasteiger partial charge in [-0.1, -0.05) is 29.9 Å². The summed E-state index contributed by atoms with van der Waals surface area (Å²) in [5, 5.41) is 12.7. The number of likely N-dealkylation sites (tertiary alicyclic amines) is 1. The van der Waals surface area contributed by atoms with Gasteiger partial charge in [0.1, 0.15) is 15.8 Å². The Morgan fingerprint density at radius 3 is 3.04 bits per heavy atom. The highest BCUT2D eigenvalue weighted by atomic mass is 32.1. The maximum absolute atomic E-state index is 13.4. The van der Waals surface area contributed by atoms with Crippen molar-refractivity contribution < 1.29 is 9.18 Å². The van der Waals surface area contributed by atoms with Crippen molar-refractivity contribution in [1.29, 1.82) is 0 Å². The van der Waals surface area contributed by atoms with Crippen molar-refractivity contribution in [3.05, 3.63) is 45.7 Å². The summed E-state index contributed by atoms with van der Waals surface area (Å²) in [5.41, 5.74) is 0.898. The van der Waals surface area contributed by atoms with Crippen LogP contribution in [0.4, 0.5) is 4.39 Å². The van der Waals surface area contributed by atoms with E-state index >= 15 is 0 Å². The number of carbonyl (C=O) groups excluding carboxylic acids is 1. The lowest BCUT2D eigenvalue weighted by Crippen LogP contribution is -2.48. The highest BCUT2D eigenvalue weighted by Crippen LogP contribution is 2.20. The van der Waals surface area contributed by atoms with Gasteiger partial charge in [0, 0.05) is 6.54 Å². The average molecular weight is 348 g/mol. The van der Waals surface area contributed by atoms with E-state index in [0.29, 0.717) is 13.1 Å². The Morgan fingerprint density at radius 2 is 2.29 bits per heavy atom. The van der Waals surface area contributed by atoms with E-state index in [9.17, 15) is 9.18 Å². The lowest BCUT2D eigenvalue weighted by molar-refractivity contribution is -0.128. The smallest absolute Gasteiger partial charge is 0.237 e. The van der Waals surface area contributed by atoms with Crippen LogP contribution >= 0.6 is 11.3 Å². The van der Waals surface area contributed by atoms with E-state index in [2.05, 4.69) is 20.4 Å². The van der Waals surface area contributed by atoms with E-state index in [1.807, 2.05) is 13.0 Å². The van der Waals surface area contributed by atoms with Gasteiger partial charge in [-0.3, -0.25) is 9.69 Å². The topological polar surface area (TPSA) is 58.1 Å². The normalized spacial score (nSPS) is 18.5. The van der Waals surface area contributed by atoms with Crippen LogP contribution in [0.2, 0.25) is 0 Å². The van der Waals surface area contributed by atoms with Crippen LogP contribution in [0.1, 0.15) is 34.8 Å². The molecule has 1 aliphatic heterocycles.